The average molecular weight is 403 g/mol. The second kappa shape index (κ2) is 8.96. The Morgan fingerprint density at radius 2 is 1.93 bits per heavy atom. The first-order valence-electron chi connectivity index (χ1n) is 9.37. The van der Waals surface area contributed by atoms with Gasteiger partial charge in [-0.2, -0.15) is 12.7 Å². The molecule has 0 bridgehead atoms. The maximum Gasteiger partial charge on any atom is 0.335 e. The van der Waals surface area contributed by atoms with E-state index in [9.17, 15) is 17.9 Å². The summed E-state index contributed by atoms with van der Waals surface area (Å²) in [6.07, 6.45) is 3.35. The molecule has 8 heteroatoms. The van der Waals surface area contributed by atoms with Crippen molar-refractivity contribution in [3.63, 3.8) is 0 Å². The van der Waals surface area contributed by atoms with Crippen LogP contribution in [-0.4, -0.2) is 47.6 Å². The van der Waals surface area contributed by atoms with Crippen LogP contribution in [0.5, 0.6) is 0 Å². The highest BCUT2D eigenvalue weighted by atomic mass is 32.2. The van der Waals surface area contributed by atoms with E-state index in [0.717, 1.165) is 36.4 Å². The van der Waals surface area contributed by atoms with Crippen molar-refractivity contribution in [2.75, 3.05) is 13.6 Å². The Labute approximate surface area is 161 Å². The monoisotopic (exact) mass is 402 g/mol. The van der Waals surface area contributed by atoms with Gasteiger partial charge < -0.3 is 10.4 Å². The maximum absolute atomic E-state index is 13.3. The Bertz CT molecular complexity index is 718. The molecule has 0 saturated heterocycles. The summed E-state index contributed by atoms with van der Waals surface area (Å²) in [6.45, 7) is 4.47. The Balaban J connectivity index is 1.81. The molecule has 0 heterocycles. The number of aliphatic hydroxyl groups is 1. The number of halogens is 1. The van der Waals surface area contributed by atoms with E-state index < -0.39 is 16.4 Å². The molecule has 3 N–H and O–H groups in total. The molecule has 1 aliphatic carbocycles. The molecule has 6 nitrogen and oxygen atoms in total. The Morgan fingerprint density at radius 1 is 1.30 bits per heavy atom. The van der Waals surface area contributed by atoms with Crippen molar-refractivity contribution in [3.05, 3.63) is 35.6 Å². The van der Waals surface area contributed by atoms with Crippen molar-refractivity contribution >= 4 is 10.3 Å². The zero-order valence-electron chi connectivity index (χ0n) is 16.2. The Hall–Kier alpha value is -1.06. The summed E-state index contributed by atoms with van der Waals surface area (Å²) in [5.74, 6) is 0.0855. The first-order valence-corrected chi connectivity index (χ1v) is 10.8. The highest BCUT2D eigenvalue weighted by molar-refractivity contribution is 7.83. The predicted molar refractivity (Wildman–Crippen MR) is 103 cm³/mol. The molecule has 0 spiro atoms. The molecule has 27 heavy (non-hydrogen) atoms. The zero-order valence-corrected chi connectivity index (χ0v) is 17.0. The first-order chi connectivity index (χ1) is 12.5. The highest BCUT2D eigenvalue weighted by Gasteiger charge is 2.32. The van der Waals surface area contributed by atoms with Crippen LogP contribution >= 0.6 is 0 Å². The van der Waals surface area contributed by atoms with Crippen molar-refractivity contribution in [2.24, 2.45) is 5.92 Å². The number of hydrogen-bond acceptors (Lipinski definition) is 4. The predicted octanol–water partition coefficient (Wildman–Crippen LogP) is 2.91. The van der Waals surface area contributed by atoms with Crippen LogP contribution in [0.25, 0.3) is 0 Å². The summed E-state index contributed by atoms with van der Waals surface area (Å²) in [5.41, 5.74) is 0.341. The van der Waals surface area contributed by atoms with Crippen LogP contribution in [0.1, 0.15) is 57.6 Å². The molecule has 0 unspecified atom stereocenters. The molecule has 1 atom stereocenters. The molecule has 0 radical (unpaired) electrons. The minimum absolute atomic E-state index is 0.151. The highest BCUT2D eigenvalue weighted by Crippen LogP contribution is 2.33. The maximum atomic E-state index is 13.3. The quantitative estimate of drug-likeness (QED) is 0.582. The third-order valence-corrected chi connectivity index (χ3v) is 6.53. The number of rotatable bonds is 8. The summed E-state index contributed by atoms with van der Waals surface area (Å²) in [5, 5.41) is 13.6. The van der Waals surface area contributed by atoms with E-state index >= 15 is 0 Å². The van der Waals surface area contributed by atoms with Gasteiger partial charge in [-0.25, -0.2) is 4.39 Å². The SMILES string of the molecule is CN(C1CCC(CC(C)(C)NC[C@H](O)c2cccc(F)c2)CC1)S(=O)(=O)O. The molecule has 154 valence electrons. The number of aliphatic hydroxyl groups excluding tert-OH is 1. The van der Waals surface area contributed by atoms with Crippen molar-refractivity contribution in [3.8, 4) is 0 Å². The average Bonchev–Trinajstić information content (AvgIpc) is 2.58. The molecule has 1 aromatic carbocycles. The number of benzene rings is 1. The van der Waals surface area contributed by atoms with Crippen LogP contribution in [0.2, 0.25) is 0 Å². The normalized spacial score (nSPS) is 22.8. The van der Waals surface area contributed by atoms with Gasteiger partial charge in [0.05, 0.1) is 6.10 Å². The van der Waals surface area contributed by atoms with Crippen LogP contribution in [0, 0.1) is 11.7 Å². The lowest BCUT2D eigenvalue weighted by atomic mass is 9.79. The van der Waals surface area contributed by atoms with Crippen LogP contribution in [0.15, 0.2) is 24.3 Å². The molecule has 2 rings (SSSR count). The molecular weight excluding hydrogens is 371 g/mol. The second-order valence-electron chi connectivity index (χ2n) is 8.21. The Morgan fingerprint density at radius 3 is 2.48 bits per heavy atom. The lowest BCUT2D eigenvalue weighted by Gasteiger charge is -2.37. The Kier molecular flexibility index (Phi) is 7.38. The van der Waals surface area contributed by atoms with Gasteiger partial charge in [-0.15, -0.1) is 0 Å². The first kappa shape index (κ1) is 22.2. The van der Waals surface area contributed by atoms with Gasteiger partial charge in [-0.3, -0.25) is 4.55 Å². The standard InChI is InChI=1S/C19H31FN2O4S/c1-19(2,21-13-18(23)15-5-4-6-16(20)11-15)12-14-7-9-17(10-8-14)22(3)27(24,25)26/h4-6,11,14,17-18,21,23H,7-10,12-13H2,1-3H3,(H,24,25,26)/t14?,17?,18-/m0/s1. The van der Waals surface area contributed by atoms with Gasteiger partial charge in [0.1, 0.15) is 5.82 Å². The van der Waals surface area contributed by atoms with E-state index in [-0.39, 0.29) is 17.4 Å². The number of nitrogens with one attached hydrogen (secondary N) is 1. The molecule has 0 amide bonds. The third kappa shape index (κ3) is 6.80. The summed E-state index contributed by atoms with van der Waals surface area (Å²) >= 11 is 0. The van der Waals surface area contributed by atoms with Crippen molar-refractivity contribution in [1.29, 1.82) is 0 Å². The number of β-amino-alcohol motifs (C(OH)–C–C–N with tert-alkyl or cyclic N) is 1. The summed E-state index contributed by atoms with van der Waals surface area (Å²) < 4.78 is 46.0. The van der Waals surface area contributed by atoms with E-state index in [4.69, 9.17) is 4.55 Å². The molecular formula is C19H31FN2O4S. The topological polar surface area (TPSA) is 89.9 Å². The fourth-order valence-electron chi connectivity index (χ4n) is 3.90. The van der Waals surface area contributed by atoms with Crippen LogP contribution in [0.4, 0.5) is 4.39 Å². The summed E-state index contributed by atoms with van der Waals surface area (Å²) in [7, 11) is -2.72. The second-order valence-corrected chi connectivity index (χ2v) is 9.68. The molecule has 0 aliphatic heterocycles. The van der Waals surface area contributed by atoms with Crippen LogP contribution in [-0.2, 0) is 10.3 Å². The number of hydrogen-bond donors (Lipinski definition) is 3. The fraction of sp³-hybridized carbons (Fsp3) is 0.684. The van der Waals surface area contributed by atoms with Gasteiger partial charge in [-0.05, 0) is 69.6 Å². The fourth-order valence-corrected chi connectivity index (χ4v) is 4.49. The smallest absolute Gasteiger partial charge is 0.335 e. The molecule has 1 fully saturated rings. The minimum Gasteiger partial charge on any atom is -0.387 e. The van der Waals surface area contributed by atoms with Gasteiger partial charge in [0.2, 0.25) is 0 Å². The molecule has 1 saturated carbocycles. The summed E-state index contributed by atoms with van der Waals surface area (Å²) in [4.78, 5) is 0. The van der Waals surface area contributed by atoms with E-state index in [1.807, 2.05) is 0 Å². The van der Waals surface area contributed by atoms with E-state index in [2.05, 4.69) is 19.2 Å². The van der Waals surface area contributed by atoms with Crippen molar-refractivity contribution < 1.29 is 22.5 Å². The lowest BCUT2D eigenvalue weighted by molar-refractivity contribution is 0.145. The van der Waals surface area contributed by atoms with Crippen molar-refractivity contribution in [1.82, 2.24) is 9.62 Å². The van der Waals surface area contributed by atoms with E-state index in [0.29, 0.717) is 18.0 Å². The largest absolute Gasteiger partial charge is 0.387 e. The summed E-state index contributed by atoms with van der Waals surface area (Å²) in [6, 6.07) is 5.83. The van der Waals surface area contributed by atoms with Gasteiger partial charge in [0.25, 0.3) is 0 Å². The van der Waals surface area contributed by atoms with Crippen LogP contribution < -0.4 is 5.32 Å². The zero-order chi connectivity index (χ0) is 20.2. The minimum atomic E-state index is -4.14. The third-order valence-electron chi connectivity index (χ3n) is 5.50. The molecule has 1 aliphatic rings. The number of nitrogens with zero attached hydrogens (tertiary/aromatic N) is 1. The van der Waals surface area contributed by atoms with E-state index in [1.54, 1.807) is 12.1 Å². The van der Waals surface area contributed by atoms with E-state index in [1.165, 1.54) is 19.2 Å². The van der Waals surface area contributed by atoms with Gasteiger partial charge in [0, 0.05) is 25.2 Å². The van der Waals surface area contributed by atoms with Gasteiger partial charge in [-0.1, -0.05) is 12.1 Å². The van der Waals surface area contributed by atoms with Crippen LogP contribution in [0.3, 0.4) is 0 Å². The molecule has 0 aromatic heterocycles. The lowest BCUT2D eigenvalue weighted by Crippen LogP contribution is -2.44. The van der Waals surface area contributed by atoms with Gasteiger partial charge >= 0.3 is 10.3 Å². The van der Waals surface area contributed by atoms with Crippen molar-refractivity contribution in [2.45, 2.75) is 63.6 Å². The van der Waals surface area contributed by atoms with Gasteiger partial charge in [0.15, 0.2) is 0 Å². The molecule has 1 aromatic rings.